The lowest BCUT2D eigenvalue weighted by atomic mass is 9.95. The predicted molar refractivity (Wildman–Crippen MR) is 104 cm³/mol. The van der Waals surface area contributed by atoms with Crippen LogP contribution in [0.4, 0.5) is 5.82 Å². The lowest BCUT2D eigenvalue weighted by molar-refractivity contribution is 0.461. The van der Waals surface area contributed by atoms with Gasteiger partial charge >= 0.3 is 0 Å². The summed E-state index contributed by atoms with van der Waals surface area (Å²) in [5.41, 5.74) is 3.69. The maximum absolute atomic E-state index is 6.21. The number of aromatic amines is 1. The highest BCUT2D eigenvalue weighted by Crippen LogP contribution is 2.33. The molecule has 5 rings (SSSR count). The number of rotatable bonds is 3. The molecule has 0 radical (unpaired) electrons. The van der Waals surface area contributed by atoms with Gasteiger partial charge in [0.25, 0.3) is 0 Å². The highest BCUT2D eigenvalue weighted by molar-refractivity contribution is 6.34. The number of anilines is 1. The standard InChI is InChI=1S/C19H19ClN6/c20-18-14-10-12(6-7-15(14)24-25-18)17-19(22-13-4-2-1-3-5-13)26-9-8-21-11-16(26)23-17/h6-11,13,22H,1-5H2,(H,24,25). The van der Waals surface area contributed by atoms with Crippen LogP contribution in [0.25, 0.3) is 27.8 Å². The van der Waals surface area contributed by atoms with Crippen LogP contribution in [0.5, 0.6) is 0 Å². The molecule has 1 aliphatic rings. The van der Waals surface area contributed by atoms with Crippen LogP contribution in [0, 0.1) is 0 Å². The van der Waals surface area contributed by atoms with E-state index in [-0.39, 0.29) is 0 Å². The third-order valence-electron chi connectivity index (χ3n) is 5.17. The van der Waals surface area contributed by atoms with Crippen LogP contribution in [0.1, 0.15) is 32.1 Å². The number of H-pyrrole nitrogens is 1. The smallest absolute Gasteiger partial charge is 0.158 e. The average molecular weight is 367 g/mol. The molecule has 26 heavy (non-hydrogen) atoms. The summed E-state index contributed by atoms with van der Waals surface area (Å²) < 4.78 is 2.08. The minimum atomic E-state index is 0.481. The van der Waals surface area contributed by atoms with Crippen molar-refractivity contribution in [2.45, 2.75) is 38.1 Å². The first-order valence-electron chi connectivity index (χ1n) is 9.02. The Hall–Kier alpha value is -2.60. The second kappa shape index (κ2) is 6.29. The van der Waals surface area contributed by atoms with Gasteiger partial charge in [0.1, 0.15) is 11.5 Å². The van der Waals surface area contributed by atoms with Crippen LogP contribution >= 0.6 is 11.6 Å². The zero-order valence-electron chi connectivity index (χ0n) is 14.2. The fourth-order valence-electron chi connectivity index (χ4n) is 3.82. The normalized spacial score (nSPS) is 15.7. The summed E-state index contributed by atoms with van der Waals surface area (Å²) in [7, 11) is 0. The van der Waals surface area contributed by atoms with Crippen LogP contribution in [0.3, 0.4) is 0 Å². The van der Waals surface area contributed by atoms with Crippen LogP contribution in [0.15, 0.2) is 36.8 Å². The number of hydrogen-bond donors (Lipinski definition) is 2. The molecular formula is C19H19ClN6. The van der Waals surface area contributed by atoms with E-state index in [9.17, 15) is 0 Å². The van der Waals surface area contributed by atoms with Gasteiger partial charge < -0.3 is 5.32 Å². The van der Waals surface area contributed by atoms with Gasteiger partial charge in [0, 0.05) is 29.4 Å². The van der Waals surface area contributed by atoms with E-state index in [2.05, 4.69) is 31.0 Å². The number of nitrogens with one attached hydrogen (secondary N) is 2. The summed E-state index contributed by atoms with van der Waals surface area (Å²) >= 11 is 6.21. The van der Waals surface area contributed by atoms with E-state index in [0.29, 0.717) is 11.2 Å². The number of aromatic nitrogens is 5. The minimum Gasteiger partial charge on any atom is -0.367 e. The Kier molecular flexibility index (Phi) is 3.78. The van der Waals surface area contributed by atoms with Crippen molar-refractivity contribution >= 4 is 34.0 Å². The molecule has 0 spiro atoms. The first-order chi connectivity index (χ1) is 12.8. The summed E-state index contributed by atoms with van der Waals surface area (Å²) in [6.45, 7) is 0. The molecule has 2 N–H and O–H groups in total. The Balaban J connectivity index is 1.65. The first kappa shape index (κ1) is 15.6. The van der Waals surface area contributed by atoms with Gasteiger partial charge in [-0.05, 0) is 25.0 Å². The Bertz CT molecular complexity index is 1080. The predicted octanol–water partition coefficient (Wildman–Crippen LogP) is 4.67. The Labute approximate surface area is 155 Å². The third-order valence-corrected chi connectivity index (χ3v) is 5.45. The molecule has 3 aromatic heterocycles. The van der Waals surface area contributed by atoms with Crippen molar-refractivity contribution in [2.24, 2.45) is 0 Å². The molecule has 1 aliphatic carbocycles. The van der Waals surface area contributed by atoms with Crippen molar-refractivity contribution in [3.63, 3.8) is 0 Å². The molecule has 0 aliphatic heterocycles. The van der Waals surface area contributed by atoms with Crippen LogP contribution in [0.2, 0.25) is 5.15 Å². The van der Waals surface area contributed by atoms with E-state index in [0.717, 1.165) is 33.6 Å². The van der Waals surface area contributed by atoms with E-state index in [1.54, 1.807) is 12.4 Å². The maximum Gasteiger partial charge on any atom is 0.158 e. The van der Waals surface area contributed by atoms with E-state index in [1.807, 2.05) is 18.3 Å². The van der Waals surface area contributed by atoms with Crippen molar-refractivity contribution in [1.29, 1.82) is 0 Å². The molecule has 0 bridgehead atoms. The topological polar surface area (TPSA) is 70.9 Å². The number of halogens is 1. The van der Waals surface area contributed by atoms with Crippen molar-refractivity contribution in [3.8, 4) is 11.3 Å². The molecule has 3 heterocycles. The Morgan fingerprint density at radius 3 is 2.96 bits per heavy atom. The van der Waals surface area contributed by atoms with E-state index in [1.165, 1.54) is 32.1 Å². The largest absolute Gasteiger partial charge is 0.367 e. The average Bonchev–Trinajstić information content (AvgIpc) is 3.24. The Morgan fingerprint density at radius 2 is 2.08 bits per heavy atom. The fraction of sp³-hybridized carbons (Fsp3) is 0.316. The molecule has 1 saturated carbocycles. The molecule has 6 nitrogen and oxygen atoms in total. The van der Waals surface area contributed by atoms with E-state index in [4.69, 9.17) is 16.6 Å². The van der Waals surface area contributed by atoms with Crippen molar-refractivity contribution < 1.29 is 0 Å². The van der Waals surface area contributed by atoms with Gasteiger partial charge in [-0.1, -0.05) is 36.9 Å². The monoisotopic (exact) mass is 366 g/mol. The van der Waals surface area contributed by atoms with Gasteiger partial charge in [-0.2, -0.15) is 5.10 Å². The zero-order valence-corrected chi connectivity index (χ0v) is 15.0. The molecule has 1 aromatic carbocycles. The number of nitrogens with zero attached hydrogens (tertiary/aromatic N) is 4. The molecular weight excluding hydrogens is 348 g/mol. The molecule has 0 saturated heterocycles. The van der Waals surface area contributed by atoms with Gasteiger partial charge in [0.05, 0.1) is 11.7 Å². The van der Waals surface area contributed by atoms with Crippen molar-refractivity contribution in [3.05, 3.63) is 41.9 Å². The molecule has 1 fully saturated rings. The summed E-state index contributed by atoms with van der Waals surface area (Å²) in [5, 5.41) is 12.1. The number of fused-ring (bicyclic) bond motifs is 2. The molecule has 4 aromatic rings. The molecule has 132 valence electrons. The van der Waals surface area contributed by atoms with Crippen molar-refractivity contribution in [2.75, 3.05) is 5.32 Å². The molecule has 0 amide bonds. The minimum absolute atomic E-state index is 0.481. The lowest BCUT2D eigenvalue weighted by Gasteiger charge is -2.24. The van der Waals surface area contributed by atoms with Crippen molar-refractivity contribution in [1.82, 2.24) is 24.6 Å². The van der Waals surface area contributed by atoms with Crippen LogP contribution in [-0.2, 0) is 0 Å². The Morgan fingerprint density at radius 1 is 1.19 bits per heavy atom. The van der Waals surface area contributed by atoms with Crippen LogP contribution in [-0.4, -0.2) is 30.6 Å². The van der Waals surface area contributed by atoms with Gasteiger partial charge in [0.15, 0.2) is 10.8 Å². The quantitative estimate of drug-likeness (QED) is 0.552. The van der Waals surface area contributed by atoms with Gasteiger partial charge in [-0.25, -0.2) is 4.98 Å². The maximum atomic E-state index is 6.21. The van der Waals surface area contributed by atoms with E-state index >= 15 is 0 Å². The zero-order chi connectivity index (χ0) is 17.5. The number of hydrogen-bond acceptors (Lipinski definition) is 4. The fourth-order valence-corrected chi connectivity index (χ4v) is 4.01. The second-order valence-corrected chi connectivity index (χ2v) is 7.23. The molecule has 7 heteroatoms. The molecule has 0 atom stereocenters. The number of benzene rings is 1. The summed E-state index contributed by atoms with van der Waals surface area (Å²) in [5.74, 6) is 1.02. The number of imidazole rings is 1. The SMILES string of the molecule is Clc1n[nH]c2ccc(-c3nc4cnccn4c3NC3CCCCC3)cc12. The van der Waals surface area contributed by atoms with Gasteiger partial charge in [-0.15, -0.1) is 0 Å². The summed E-state index contributed by atoms with van der Waals surface area (Å²) in [6, 6.07) is 6.58. The van der Waals surface area contributed by atoms with Crippen LogP contribution < -0.4 is 5.32 Å². The molecule has 0 unspecified atom stereocenters. The van der Waals surface area contributed by atoms with Gasteiger partial charge in [0.2, 0.25) is 0 Å². The summed E-state index contributed by atoms with van der Waals surface area (Å²) in [6.07, 6.45) is 11.8. The highest BCUT2D eigenvalue weighted by Gasteiger charge is 2.20. The van der Waals surface area contributed by atoms with E-state index < -0.39 is 0 Å². The third kappa shape index (κ3) is 2.61. The van der Waals surface area contributed by atoms with Gasteiger partial charge in [-0.3, -0.25) is 14.5 Å². The lowest BCUT2D eigenvalue weighted by Crippen LogP contribution is -2.23. The second-order valence-electron chi connectivity index (χ2n) is 6.87. The first-order valence-corrected chi connectivity index (χ1v) is 9.40. The highest BCUT2D eigenvalue weighted by atomic mass is 35.5. The summed E-state index contributed by atoms with van der Waals surface area (Å²) in [4.78, 5) is 9.05.